The van der Waals surface area contributed by atoms with Crippen molar-refractivity contribution < 1.29 is 4.79 Å². The van der Waals surface area contributed by atoms with E-state index >= 15 is 0 Å². The zero-order valence-electron chi connectivity index (χ0n) is 12.7. The second-order valence-corrected chi connectivity index (χ2v) is 5.34. The molecule has 112 valence electrons. The number of benzene rings is 2. The molecule has 0 saturated carbocycles. The molecule has 1 heterocycles. The molecule has 0 fully saturated rings. The minimum absolute atomic E-state index is 0.139. The van der Waals surface area contributed by atoms with E-state index in [0.717, 1.165) is 22.0 Å². The van der Waals surface area contributed by atoms with Crippen molar-refractivity contribution in [3.8, 4) is 0 Å². The summed E-state index contributed by atoms with van der Waals surface area (Å²) in [6, 6.07) is 13.7. The van der Waals surface area contributed by atoms with Crippen LogP contribution in [0.2, 0.25) is 0 Å². The molecule has 5 heteroatoms. The fourth-order valence-corrected chi connectivity index (χ4v) is 2.44. The third-order valence-electron chi connectivity index (χ3n) is 3.56. The van der Waals surface area contributed by atoms with E-state index in [1.807, 2.05) is 55.7 Å². The zero-order valence-corrected chi connectivity index (χ0v) is 12.7. The molecular weight excluding hydrogens is 276 g/mol. The van der Waals surface area contributed by atoms with Crippen LogP contribution in [-0.4, -0.2) is 27.8 Å². The van der Waals surface area contributed by atoms with Gasteiger partial charge in [0.2, 0.25) is 0 Å². The van der Waals surface area contributed by atoms with Gasteiger partial charge in [0.1, 0.15) is 0 Å². The number of carbonyl (C=O) groups is 1. The Kier molecular flexibility index (Phi) is 3.78. The van der Waals surface area contributed by atoms with Crippen molar-refractivity contribution in [1.29, 1.82) is 0 Å². The number of fused-ring (bicyclic) bond motifs is 1. The van der Waals surface area contributed by atoms with E-state index in [1.54, 1.807) is 22.8 Å². The highest BCUT2D eigenvalue weighted by atomic mass is 16.2. The Bertz CT molecular complexity index is 804. The SMILES string of the molecule is CN(Cc1cnn(C)c1)C(=O)Nc1cccc2ccccc12. The Morgan fingerprint density at radius 3 is 2.77 bits per heavy atom. The molecule has 22 heavy (non-hydrogen) atoms. The van der Waals surface area contributed by atoms with Gasteiger partial charge in [0, 0.05) is 31.2 Å². The quantitative estimate of drug-likeness (QED) is 0.806. The summed E-state index contributed by atoms with van der Waals surface area (Å²) in [6.45, 7) is 0.518. The molecule has 3 aromatic rings. The lowest BCUT2D eigenvalue weighted by molar-refractivity contribution is 0.220. The number of hydrogen-bond donors (Lipinski definition) is 1. The van der Waals surface area contributed by atoms with E-state index in [4.69, 9.17) is 0 Å². The van der Waals surface area contributed by atoms with Crippen LogP contribution in [0.25, 0.3) is 10.8 Å². The first-order valence-corrected chi connectivity index (χ1v) is 7.11. The molecule has 0 aliphatic carbocycles. The molecule has 0 aliphatic heterocycles. The van der Waals surface area contributed by atoms with Gasteiger partial charge < -0.3 is 10.2 Å². The first kappa shape index (κ1) is 14.1. The molecule has 0 aliphatic rings. The van der Waals surface area contributed by atoms with Crippen LogP contribution in [0.15, 0.2) is 54.9 Å². The Morgan fingerprint density at radius 2 is 2.00 bits per heavy atom. The molecule has 0 spiro atoms. The van der Waals surface area contributed by atoms with Crippen LogP contribution >= 0.6 is 0 Å². The lowest BCUT2D eigenvalue weighted by Gasteiger charge is -2.18. The van der Waals surface area contributed by atoms with Crippen molar-refractivity contribution in [2.45, 2.75) is 6.54 Å². The number of carbonyl (C=O) groups excluding carboxylic acids is 1. The molecule has 0 unspecified atom stereocenters. The maximum Gasteiger partial charge on any atom is 0.321 e. The number of amides is 2. The average molecular weight is 294 g/mol. The summed E-state index contributed by atoms with van der Waals surface area (Å²) in [4.78, 5) is 14.0. The largest absolute Gasteiger partial charge is 0.323 e. The van der Waals surface area contributed by atoms with Crippen LogP contribution in [0.5, 0.6) is 0 Å². The number of anilines is 1. The topological polar surface area (TPSA) is 50.2 Å². The number of rotatable bonds is 3. The molecule has 0 saturated heterocycles. The molecule has 5 nitrogen and oxygen atoms in total. The standard InChI is InChI=1S/C17H18N4O/c1-20(11-13-10-18-21(2)12-13)17(22)19-16-9-5-7-14-6-3-4-8-15(14)16/h3-10,12H,11H2,1-2H3,(H,19,22). The average Bonchev–Trinajstić information content (AvgIpc) is 2.92. The van der Waals surface area contributed by atoms with Crippen LogP contribution in [0.1, 0.15) is 5.56 Å². The molecule has 0 bridgehead atoms. The molecule has 1 aromatic heterocycles. The van der Waals surface area contributed by atoms with E-state index in [-0.39, 0.29) is 6.03 Å². The van der Waals surface area contributed by atoms with Crippen LogP contribution in [0.4, 0.5) is 10.5 Å². The van der Waals surface area contributed by atoms with Gasteiger partial charge in [-0.3, -0.25) is 4.68 Å². The third-order valence-corrected chi connectivity index (χ3v) is 3.56. The number of nitrogens with zero attached hydrogens (tertiary/aromatic N) is 3. The van der Waals surface area contributed by atoms with Gasteiger partial charge in [-0.05, 0) is 11.5 Å². The lowest BCUT2D eigenvalue weighted by atomic mass is 10.1. The lowest BCUT2D eigenvalue weighted by Crippen LogP contribution is -2.30. The summed E-state index contributed by atoms with van der Waals surface area (Å²) in [7, 11) is 3.63. The minimum Gasteiger partial charge on any atom is -0.323 e. The van der Waals surface area contributed by atoms with Crippen molar-refractivity contribution >= 4 is 22.5 Å². The van der Waals surface area contributed by atoms with Gasteiger partial charge >= 0.3 is 6.03 Å². The predicted molar refractivity (Wildman–Crippen MR) is 87.6 cm³/mol. The summed E-state index contributed by atoms with van der Waals surface area (Å²) in [5, 5.41) is 9.23. The minimum atomic E-state index is -0.139. The fourth-order valence-electron chi connectivity index (χ4n) is 2.44. The van der Waals surface area contributed by atoms with E-state index < -0.39 is 0 Å². The van der Waals surface area contributed by atoms with Crippen molar-refractivity contribution in [2.75, 3.05) is 12.4 Å². The summed E-state index contributed by atoms with van der Waals surface area (Å²) < 4.78 is 1.73. The highest BCUT2D eigenvalue weighted by molar-refractivity contribution is 6.01. The van der Waals surface area contributed by atoms with Crippen LogP contribution < -0.4 is 5.32 Å². The Hall–Kier alpha value is -2.82. The van der Waals surface area contributed by atoms with Crippen molar-refractivity contribution in [3.05, 3.63) is 60.4 Å². The maximum atomic E-state index is 12.4. The number of urea groups is 1. The Balaban J connectivity index is 1.75. The van der Waals surface area contributed by atoms with Crippen molar-refractivity contribution in [1.82, 2.24) is 14.7 Å². The molecule has 0 radical (unpaired) electrons. The summed E-state index contributed by atoms with van der Waals surface area (Å²) >= 11 is 0. The van der Waals surface area contributed by atoms with E-state index in [9.17, 15) is 4.79 Å². The fraction of sp³-hybridized carbons (Fsp3) is 0.176. The third kappa shape index (κ3) is 2.93. The normalized spacial score (nSPS) is 10.6. The van der Waals surface area contributed by atoms with Gasteiger partial charge in [0.25, 0.3) is 0 Å². The van der Waals surface area contributed by atoms with Gasteiger partial charge in [-0.1, -0.05) is 36.4 Å². The van der Waals surface area contributed by atoms with E-state index in [0.29, 0.717) is 6.54 Å². The molecular formula is C17H18N4O. The zero-order chi connectivity index (χ0) is 15.5. The van der Waals surface area contributed by atoms with Gasteiger partial charge in [-0.2, -0.15) is 5.10 Å². The molecule has 1 N–H and O–H groups in total. The maximum absolute atomic E-state index is 12.4. The van der Waals surface area contributed by atoms with Crippen LogP contribution in [-0.2, 0) is 13.6 Å². The summed E-state index contributed by atoms with van der Waals surface area (Å²) in [6.07, 6.45) is 3.67. The van der Waals surface area contributed by atoms with E-state index in [1.165, 1.54) is 0 Å². The molecule has 3 rings (SSSR count). The molecule has 2 aromatic carbocycles. The molecule has 0 atom stereocenters. The van der Waals surface area contributed by atoms with Gasteiger partial charge in [0.05, 0.1) is 18.4 Å². The van der Waals surface area contributed by atoms with Crippen molar-refractivity contribution in [2.24, 2.45) is 7.05 Å². The summed E-state index contributed by atoms with van der Waals surface area (Å²) in [5.74, 6) is 0. The van der Waals surface area contributed by atoms with Gasteiger partial charge in [-0.25, -0.2) is 4.79 Å². The second kappa shape index (κ2) is 5.89. The van der Waals surface area contributed by atoms with Gasteiger partial charge in [0.15, 0.2) is 0 Å². The highest BCUT2D eigenvalue weighted by Crippen LogP contribution is 2.23. The number of hydrogen-bond acceptors (Lipinski definition) is 2. The number of aryl methyl sites for hydroxylation is 1. The smallest absolute Gasteiger partial charge is 0.321 e. The van der Waals surface area contributed by atoms with Crippen molar-refractivity contribution in [3.63, 3.8) is 0 Å². The number of aromatic nitrogens is 2. The van der Waals surface area contributed by atoms with E-state index in [2.05, 4.69) is 10.4 Å². The Labute approximate surface area is 129 Å². The highest BCUT2D eigenvalue weighted by Gasteiger charge is 2.11. The first-order valence-electron chi connectivity index (χ1n) is 7.11. The molecule has 2 amide bonds. The first-order chi connectivity index (χ1) is 10.6. The monoisotopic (exact) mass is 294 g/mol. The second-order valence-electron chi connectivity index (χ2n) is 5.34. The summed E-state index contributed by atoms with van der Waals surface area (Å²) in [5.41, 5.74) is 1.82. The van der Waals surface area contributed by atoms with Crippen LogP contribution in [0, 0.1) is 0 Å². The van der Waals surface area contributed by atoms with Crippen LogP contribution in [0.3, 0.4) is 0 Å². The van der Waals surface area contributed by atoms with Gasteiger partial charge in [-0.15, -0.1) is 0 Å². The predicted octanol–water partition coefficient (Wildman–Crippen LogP) is 3.24. The Morgan fingerprint density at radius 1 is 1.23 bits per heavy atom. The number of nitrogens with one attached hydrogen (secondary N) is 1.